The number of aromatic nitrogens is 2. The second-order valence-electron chi connectivity index (χ2n) is 5.90. The lowest BCUT2D eigenvalue weighted by molar-refractivity contribution is 0.102. The van der Waals surface area contributed by atoms with Crippen molar-refractivity contribution in [1.29, 1.82) is 0 Å². The van der Waals surface area contributed by atoms with Gasteiger partial charge in [-0.15, -0.1) is 0 Å². The maximum absolute atomic E-state index is 12.4. The van der Waals surface area contributed by atoms with Crippen LogP contribution in [-0.4, -0.2) is 37.0 Å². The minimum atomic E-state index is -3.37. The molecular weight excluding hydrogens is 366 g/mol. The lowest BCUT2D eigenvalue weighted by atomic mass is 10.2. The van der Waals surface area contributed by atoms with E-state index in [4.69, 9.17) is 4.74 Å². The van der Waals surface area contributed by atoms with Crippen LogP contribution in [0, 0.1) is 0 Å². The summed E-state index contributed by atoms with van der Waals surface area (Å²) in [4.78, 5) is 12.5. The molecule has 1 amide bonds. The predicted molar refractivity (Wildman–Crippen MR) is 102 cm³/mol. The molecule has 0 bridgehead atoms. The number of rotatable bonds is 7. The van der Waals surface area contributed by atoms with Crippen molar-refractivity contribution in [3.05, 3.63) is 72.6 Å². The minimum absolute atomic E-state index is 0.103. The first kappa shape index (κ1) is 18.7. The van der Waals surface area contributed by atoms with Crippen LogP contribution >= 0.6 is 0 Å². The van der Waals surface area contributed by atoms with Crippen molar-refractivity contribution in [3.8, 4) is 5.75 Å². The van der Waals surface area contributed by atoms with Gasteiger partial charge in [0.25, 0.3) is 5.91 Å². The number of benzene rings is 2. The first-order valence-electron chi connectivity index (χ1n) is 8.23. The van der Waals surface area contributed by atoms with Gasteiger partial charge in [0.2, 0.25) is 0 Å². The van der Waals surface area contributed by atoms with Crippen LogP contribution in [0.15, 0.2) is 71.9 Å². The molecule has 8 heteroatoms. The van der Waals surface area contributed by atoms with E-state index in [1.54, 1.807) is 47.3 Å². The van der Waals surface area contributed by atoms with Gasteiger partial charge in [0.15, 0.2) is 9.84 Å². The van der Waals surface area contributed by atoms with Crippen molar-refractivity contribution in [2.24, 2.45) is 0 Å². The summed E-state index contributed by atoms with van der Waals surface area (Å²) in [6.45, 7) is 1.05. The maximum atomic E-state index is 12.4. The molecule has 0 fully saturated rings. The largest absolute Gasteiger partial charge is 0.492 e. The van der Waals surface area contributed by atoms with E-state index in [2.05, 4.69) is 10.4 Å². The Labute approximate surface area is 157 Å². The molecule has 0 unspecified atom stereocenters. The van der Waals surface area contributed by atoms with Gasteiger partial charge in [-0.25, -0.2) is 8.42 Å². The summed E-state index contributed by atoms with van der Waals surface area (Å²) in [5.41, 5.74) is 0.823. The molecular formula is C19H19N3O4S. The number of hydrogen-bond donors (Lipinski definition) is 1. The molecule has 0 atom stereocenters. The van der Waals surface area contributed by atoms with Crippen molar-refractivity contribution in [2.75, 3.05) is 18.2 Å². The van der Waals surface area contributed by atoms with Crippen LogP contribution in [0.1, 0.15) is 10.4 Å². The van der Waals surface area contributed by atoms with Crippen LogP contribution < -0.4 is 10.1 Å². The van der Waals surface area contributed by atoms with E-state index in [0.29, 0.717) is 24.6 Å². The highest BCUT2D eigenvalue weighted by Gasteiger charge is 2.12. The van der Waals surface area contributed by atoms with Crippen LogP contribution in [-0.2, 0) is 16.4 Å². The summed E-state index contributed by atoms with van der Waals surface area (Å²) < 4.78 is 30.7. The molecule has 3 aromatic rings. The molecule has 0 radical (unpaired) electrons. The lowest BCUT2D eigenvalue weighted by Crippen LogP contribution is -2.13. The fraction of sp³-hybridized carbons (Fsp3) is 0.158. The van der Waals surface area contributed by atoms with E-state index in [1.165, 1.54) is 12.1 Å². The minimum Gasteiger partial charge on any atom is -0.492 e. The Bertz CT molecular complexity index is 1030. The summed E-state index contributed by atoms with van der Waals surface area (Å²) >= 11 is 0. The zero-order valence-corrected chi connectivity index (χ0v) is 15.5. The Hall–Kier alpha value is -3.13. The van der Waals surface area contributed by atoms with Crippen molar-refractivity contribution in [2.45, 2.75) is 11.4 Å². The summed E-state index contributed by atoms with van der Waals surface area (Å²) in [5, 5.41) is 6.85. The molecule has 0 spiro atoms. The Morgan fingerprint density at radius 2 is 1.96 bits per heavy atom. The molecule has 0 aliphatic heterocycles. The van der Waals surface area contributed by atoms with Crippen molar-refractivity contribution >= 4 is 21.4 Å². The molecule has 140 valence electrons. The molecule has 1 N–H and O–H groups in total. The van der Waals surface area contributed by atoms with Crippen LogP contribution in [0.2, 0.25) is 0 Å². The van der Waals surface area contributed by atoms with Gasteiger partial charge in [-0.1, -0.05) is 12.1 Å². The van der Waals surface area contributed by atoms with Gasteiger partial charge in [-0.3, -0.25) is 9.48 Å². The maximum Gasteiger partial charge on any atom is 0.255 e. The number of nitrogens with one attached hydrogen (secondary N) is 1. The topological polar surface area (TPSA) is 90.3 Å². The summed E-state index contributed by atoms with van der Waals surface area (Å²) in [6.07, 6.45) is 4.66. The summed E-state index contributed by atoms with van der Waals surface area (Å²) in [6, 6.07) is 14.8. The standard InChI is InChI=1S/C19H19N3O4S/c1-27(24,25)18-8-2-5-15(13-18)19(23)21-16-6-3-7-17(14-16)26-12-11-22-10-4-9-20-22/h2-10,13-14H,11-12H2,1H3,(H,21,23). The number of carbonyl (C=O) groups excluding carboxylic acids is 1. The SMILES string of the molecule is CS(=O)(=O)c1cccc(C(=O)Nc2cccc(OCCn3cccn3)c2)c1. The number of amides is 1. The monoisotopic (exact) mass is 385 g/mol. The van der Waals surface area contributed by atoms with E-state index >= 15 is 0 Å². The molecule has 7 nitrogen and oxygen atoms in total. The highest BCUT2D eigenvalue weighted by atomic mass is 32.2. The number of hydrogen-bond acceptors (Lipinski definition) is 5. The second kappa shape index (κ2) is 8.05. The van der Waals surface area contributed by atoms with Gasteiger partial charge >= 0.3 is 0 Å². The average Bonchev–Trinajstić information content (AvgIpc) is 3.15. The number of carbonyl (C=O) groups is 1. The summed E-state index contributed by atoms with van der Waals surface area (Å²) in [5.74, 6) is 0.221. The lowest BCUT2D eigenvalue weighted by Gasteiger charge is -2.10. The van der Waals surface area contributed by atoms with Gasteiger partial charge in [0, 0.05) is 36.0 Å². The van der Waals surface area contributed by atoms with Crippen LogP contribution in [0.5, 0.6) is 5.75 Å². The number of nitrogens with zero attached hydrogens (tertiary/aromatic N) is 2. The number of ether oxygens (including phenoxy) is 1. The zero-order chi connectivity index (χ0) is 19.3. The third-order valence-electron chi connectivity index (χ3n) is 3.76. The van der Waals surface area contributed by atoms with Crippen LogP contribution in [0.3, 0.4) is 0 Å². The molecule has 2 aromatic carbocycles. The average molecular weight is 385 g/mol. The quantitative estimate of drug-likeness (QED) is 0.675. The molecule has 3 rings (SSSR count). The first-order valence-corrected chi connectivity index (χ1v) is 10.1. The molecule has 27 heavy (non-hydrogen) atoms. The normalized spacial score (nSPS) is 11.1. The molecule has 1 aromatic heterocycles. The van der Waals surface area contributed by atoms with Gasteiger partial charge in [-0.2, -0.15) is 5.10 Å². The van der Waals surface area contributed by atoms with E-state index in [0.717, 1.165) is 6.26 Å². The highest BCUT2D eigenvalue weighted by Crippen LogP contribution is 2.19. The van der Waals surface area contributed by atoms with Crippen molar-refractivity contribution in [3.63, 3.8) is 0 Å². The van der Waals surface area contributed by atoms with E-state index in [-0.39, 0.29) is 10.5 Å². The van der Waals surface area contributed by atoms with E-state index in [9.17, 15) is 13.2 Å². The first-order chi connectivity index (χ1) is 12.9. The van der Waals surface area contributed by atoms with Gasteiger partial charge in [-0.05, 0) is 36.4 Å². The van der Waals surface area contributed by atoms with Gasteiger partial charge in [0.05, 0.1) is 11.4 Å². The predicted octanol–water partition coefficient (Wildman–Crippen LogP) is 2.62. The number of sulfone groups is 1. The van der Waals surface area contributed by atoms with Crippen molar-refractivity contribution < 1.29 is 17.9 Å². The number of anilines is 1. The Balaban J connectivity index is 1.64. The molecule has 0 saturated heterocycles. The van der Waals surface area contributed by atoms with Crippen molar-refractivity contribution in [1.82, 2.24) is 9.78 Å². The molecule has 1 heterocycles. The summed E-state index contributed by atoms with van der Waals surface area (Å²) in [7, 11) is -3.37. The Kier molecular flexibility index (Phi) is 5.56. The molecule has 0 aliphatic carbocycles. The fourth-order valence-corrected chi connectivity index (χ4v) is 3.09. The Morgan fingerprint density at radius 1 is 1.15 bits per heavy atom. The third kappa shape index (κ3) is 5.18. The smallest absolute Gasteiger partial charge is 0.255 e. The van der Waals surface area contributed by atoms with Gasteiger partial charge < -0.3 is 10.1 Å². The second-order valence-corrected chi connectivity index (χ2v) is 7.92. The third-order valence-corrected chi connectivity index (χ3v) is 4.87. The zero-order valence-electron chi connectivity index (χ0n) is 14.7. The van der Waals surface area contributed by atoms with Gasteiger partial charge in [0.1, 0.15) is 12.4 Å². The van der Waals surface area contributed by atoms with Crippen LogP contribution in [0.4, 0.5) is 5.69 Å². The Morgan fingerprint density at radius 3 is 2.70 bits per heavy atom. The highest BCUT2D eigenvalue weighted by molar-refractivity contribution is 7.90. The molecule has 0 aliphatic rings. The van der Waals surface area contributed by atoms with E-state index in [1.807, 2.05) is 12.3 Å². The molecule has 0 saturated carbocycles. The van der Waals surface area contributed by atoms with E-state index < -0.39 is 15.7 Å². The van der Waals surface area contributed by atoms with Crippen LogP contribution in [0.25, 0.3) is 0 Å². The fourth-order valence-electron chi connectivity index (χ4n) is 2.42.